The van der Waals surface area contributed by atoms with Crippen molar-refractivity contribution in [3.05, 3.63) is 71.8 Å². The lowest BCUT2D eigenvalue weighted by molar-refractivity contribution is -0.142. The summed E-state index contributed by atoms with van der Waals surface area (Å²) in [6, 6.07) is 7.84. The van der Waals surface area contributed by atoms with Crippen molar-refractivity contribution in [2.75, 3.05) is 0 Å². The molecule has 168 valence electrons. The lowest BCUT2D eigenvalue weighted by Gasteiger charge is -2.42. The van der Waals surface area contributed by atoms with E-state index < -0.39 is 11.0 Å². The number of ketones is 1. The van der Waals surface area contributed by atoms with Crippen LogP contribution in [-0.4, -0.2) is 29.2 Å². The second kappa shape index (κ2) is 8.51. The minimum Gasteiger partial charge on any atom is -0.461 e. The first kappa shape index (κ1) is 22.2. The molecule has 0 aromatic heterocycles. The molecule has 32 heavy (non-hydrogen) atoms. The van der Waals surface area contributed by atoms with E-state index in [1.165, 1.54) is 6.92 Å². The number of oxime groups is 1. The zero-order chi connectivity index (χ0) is 22.9. The molecule has 1 aromatic carbocycles. The van der Waals surface area contributed by atoms with Gasteiger partial charge < -0.3 is 14.3 Å². The Bertz CT molecular complexity index is 1000. The van der Waals surface area contributed by atoms with Crippen molar-refractivity contribution < 1.29 is 23.9 Å². The minimum absolute atomic E-state index is 0.0558. The van der Waals surface area contributed by atoms with E-state index in [9.17, 15) is 9.59 Å². The van der Waals surface area contributed by atoms with Crippen molar-refractivity contribution in [2.24, 2.45) is 16.5 Å². The molecule has 0 amide bonds. The summed E-state index contributed by atoms with van der Waals surface area (Å²) < 4.78 is 11.6. The molecule has 1 saturated carbocycles. The number of nitrogens with zero attached hydrogens (tertiary/aromatic N) is 1. The third kappa shape index (κ3) is 3.84. The molecule has 1 aromatic rings. The summed E-state index contributed by atoms with van der Waals surface area (Å²) in [5.41, 5.74) is 2.62. The first-order valence-electron chi connectivity index (χ1n) is 10.9. The van der Waals surface area contributed by atoms with Crippen LogP contribution in [0.2, 0.25) is 0 Å². The zero-order valence-electron chi connectivity index (χ0n) is 18.8. The molecule has 3 aliphatic rings. The van der Waals surface area contributed by atoms with Crippen LogP contribution in [0.1, 0.15) is 44.7 Å². The van der Waals surface area contributed by atoms with Crippen LogP contribution in [0.4, 0.5) is 0 Å². The average Bonchev–Trinajstić information content (AvgIpc) is 3.29. The van der Waals surface area contributed by atoms with E-state index in [1.54, 1.807) is 12.2 Å². The molecule has 2 aliphatic carbocycles. The van der Waals surface area contributed by atoms with Gasteiger partial charge in [0.15, 0.2) is 11.4 Å². The summed E-state index contributed by atoms with van der Waals surface area (Å²) in [7, 11) is 0. The van der Waals surface area contributed by atoms with E-state index in [0.29, 0.717) is 6.61 Å². The summed E-state index contributed by atoms with van der Waals surface area (Å²) in [6.45, 7) is 10.3. The van der Waals surface area contributed by atoms with Gasteiger partial charge in [-0.3, -0.25) is 9.59 Å². The number of fused-ring (bicyclic) bond motifs is 1. The highest BCUT2D eigenvalue weighted by molar-refractivity contribution is 6.02. The fourth-order valence-corrected chi connectivity index (χ4v) is 5.02. The van der Waals surface area contributed by atoms with E-state index in [2.05, 4.69) is 11.7 Å². The van der Waals surface area contributed by atoms with Crippen LogP contribution in [-0.2, 0) is 37.1 Å². The summed E-state index contributed by atoms with van der Waals surface area (Å²) in [6.07, 6.45) is 8.23. The topological polar surface area (TPSA) is 74.2 Å². The number of allylic oxidation sites excluding steroid dienone is 3. The van der Waals surface area contributed by atoms with Gasteiger partial charge in [-0.2, -0.15) is 0 Å². The Labute approximate surface area is 188 Å². The van der Waals surface area contributed by atoms with Crippen LogP contribution in [0.25, 0.3) is 0 Å². The Hall–Kier alpha value is -2.99. The Kier molecular flexibility index (Phi) is 5.91. The largest absolute Gasteiger partial charge is 0.461 e. The fourth-order valence-electron chi connectivity index (χ4n) is 5.02. The summed E-state index contributed by atoms with van der Waals surface area (Å²) >= 11 is 0. The average molecular weight is 436 g/mol. The van der Waals surface area contributed by atoms with Gasteiger partial charge in [-0.1, -0.05) is 41.6 Å². The van der Waals surface area contributed by atoms with Gasteiger partial charge in [0.05, 0.1) is 23.8 Å². The van der Waals surface area contributed by atoms with E-state index in [-0.39, 0.29) is 30.4 Å². The standard InChI is InChI=1S/C26H29NO5/c1-17(2)22-13-24(31-16-21-7-5-20(6-8-21)15-30-19(4)28)26(14-22)18(3)27-32-25(26)11-9-23(29)10-12-25/h5-12,22,24H,1,13-16H2,2-4H3/t22-,24+,26-/m0/s1. The van der Waals surface area contributed by atoms with Gasteiger partial charge in [-0.25, -0.2) is 0 Å². The molecule has 2 spiro atoms. The Morgan fingerprint density at radius 3 is 2.38 bits per heavy atom. The van der Waals surface area contributed by atoms with E-state index in [1.807, 2.05) is 50.3 Å². The smallest absolute Gasteiger partial charge is 0.302 e. The van der Waals surface area contributed by atoms with Crippen molar-refractivity contribution in [3.8, 4) is 0 Å². The molecular weight excluding hydrogens is 406 g/mol. The second-order valence-electron chi connectivity index (χ2n) is 8.98. The number of ether oxygens (including phenoxy) is 2. The lowest BCUT2D eigenvalue weighted by Crippen LogP contribution is -2.53. The molecule has 1 aliphatic heterocycles. The summed E-state index contributed by atoms with van der Waals surface area (Å²) in [5.74, 6) is -0.0813. The molecular formula is C26H29NO5. The molecule has 0 N–H and O–H groups in total. The lowest BCUT2D eigenvalue weighted by atomic mass is 9.64. The number of benzene rings is 1. The summed E-state index contributed by atoms with van der Waals surface area (Å²) in [4.78, 5) is 28.8. The molecule has 1 fully saturated rings. The highest BCUT2D eigenvalue weighted by atomic mass is 16.7. The van der Waals surface area contributed by atoms with Crippen LogP contribution in [0, 0.1) is 11.3 Å². The summed E-state index contributed by atoms with van der Waals surface area (Å²) in [5, 5.41) is 4.37. The second-order valence-corrected chi connectivity index (χ2v) is 8.98. The van der Waals surface area contributed by atoms with Crippen molar-refractivity contribution in [1.82, 2.24) is 0 Å². The predicted octanol–water partition coefficient (Wildman–Crippen LogP) is 4.45. The Balaban J connectivity index is 1.56. The van der Waals surface area contributed by atoms with Crippen LogP contribution >= 0.6 is 0 Å². The maximum absolute atomic E-state index is 11.8. The maximum Gasteiger partial charge on any atom is 0.302 e. The van der Waals surface area contributed by atoms with Gasteiger partial charge in [0, 0.05) is 6.92 Å². The van der Waals surface area contributed by atoms with Crippen molar-refractivity contribution in [1.29, 1.82) is 0 Å². The third-order valence-electron chi connectivity index (χ3n) is 6.90. The number of rotatable bonds is 6. The van der Waals surface area contributed by atoms with E-state index >= 15 is 0 Å². The molecule has 6 nitrogen and oxygen atoms in total. The molecule has 0 bridgehead atoms. The van der Waals surface area contributed by atoms with Gasteiger partial charge in [-0.05, 0) is 68.0 Å². The van der Waals surface area contributed by atoms with Crippen molar-refractivity contribution in [3.63, 3.8) is 0 Å². The molecule has 0 unspecified atom stereocenters. The SMILES string of the molecule is C=C(C)[C@H]1C[C@@H](OCc2ccc(COC(C)=O)cc2)[C@]2(C1)C(C)=NOC21C=CC(=O)C=C1. The van der Waals surface area contributed by atoms with Gasteiger partial charge >= 0.3 is 5.97 Å². The Morgan fingerprint density at radius 2 is 1.78 bits per heavy atom. The number of carbonyl (C=O) groups is 2. The first-order valence-corrected chi connectivity index (χ1v) is 10.9. The van der Waals surface area contributed by atoms with Crippen molar-refractivity contribution >= 4 is 17.5 Å². The zero-order valence-corrected chi connectivity index (χ0v) is 18.8. The van der Waals surface area contributed by atoms with Gasteiger partial charge in [-0.15, -0.1) is 0 Å². The van der Waals surface area contributed by atoms with Gasteiger partial charge in [0.25, 0.3) is 0 Å². The monoisotopic (exact) mass is 435 g/mol. The van der Waals surface area contributed by atoms with Crippen LogP contribution in [0.3, 0.4) is 0 Å². The molecule has 1 heterocycles. The highest BCUT2D eigenvalue weighted by Gasteiger charge is 2.66. The number of hydrogen-bond acceptors (Lipinski definition) is 6. The molecule has 0 radical (unpaired) electrons. The minimum atomic E-state index is -0.826. The van der Waals surface area contributed by atoms with Gasteiger partial charge in [0.2, 0.25) is 0 Å². The predicted molar refractivity (Wildman–Crippen MR) is 121 cm³/mol. The maximum atomic E-state index is 11.8. The fraction of sp³-hybridized carbons (Fsp3) is 0.423. The normalized spacial score (nSPS) is 27.6. The van der Waals surface area contributed by atoms with Crippen LogP contribution in [0.5, 0.6) is 0 Å². The first-order chi connectivity index (χ1) is 15.3. The number of esters is 1. The molecule has 3 atom stereocenters. The molecule has 6 heteroatoms. The van der Waals surface area contributed by atoms with Crippen LogP contribution < -0.4 is 0 Å². The highest BCUT2D eigenvalue weighted by Crippen LogP contribution is 2.58. The molecule has 0 saturated heterocycles. The molecule has 4 rings (SSSR count). The van der Waals surface area contributed by atoms with E-state index in [0.717, 1.165) is 35.3 Å². The Morgan fingerprint density at radius 1 is 1.16 bits per heavy atom. The number of carbonyl (C=O) groups excluding carboxylic acids is 2. The number of hydrogen-bond donors (Lipinski definition) is 0. The van der Waals surface area contributed by atoms with Gasteiger partial charge in [0.1, 0.15) is 6.61 Å². The van der Waals surface area contributed by atoms with E-state index in [4.69, 9.17) is 14.3 Å². The van der Waals surface area contributed by atoms with Crippen LogP contribution in [0.15, 0.2) is 65.9 Å². The quantitative estimate of drug-likeness (QED) is 0.488. The van der Waals surface area contributed by atoms with Crippen molar-refractivity contribution in [2.45, 2.75) is 58.5 Å². The third-order valence-corrected chi connectivity index (χ3v) is 6.90.